The van der Waals surface area contributed by atoms with Crippen molar-refractivity contribution in [3.05, 3.63) is 80.9 Å². The molecule has 0 aliphatic carbocycles. The number of nitrogens with one attached hydrogen (secondary N) is 2. The number of nitrogens with zero attached hydrogens (tertiary/aromatic N) is 1. The van der Waals surface area contributed by atoms with E-state index in [9.17, 15) is 9.59 Å². The van der Waals surface area contributed by atoms with Crippen molar-refractivity contribution in [3.8, 4) is 5.75 Å². The summed E-state index contributed by atoms with van der Waals surface area (Å²) in [5.41, 5.74) is 5.56. The van der Waals surface area contributed by atoms with Gasteiger partial charge in [0.25, 0.3) is 0 Å². The van der Waals surface area contributed by atoms with Gasteiger partial charge < -0.3 is 29.1 Å². The summed E-state index contributed by atoms with van der Waals surface area (Å²) in [5.74, 6) is -1.17. The number of aromatic amines is 1. The third-order valence-corrected chi connectivity index (χ3v) is 10.1. The predicted molar refractivity (Wildman–Crippen MR) is 204 cm³/mol. The van der Waals surface area contributed by atoms with E-state index in [1.54, 1.807) is 0 Å². The third-order valence-electron chi connectivity index (χ3n) is 9.75. The number of fused-ring (bicyclic) bond motifs is 1. The highest BCUT2D eigenvalue weighted by Crippen LogP contribution is 2.45. The summed E-state index contributed by atoms with van der Waals surface area (Å²) in [4.78, 5) is 30.7. The largest absolute Gasteiger partial charge is 0.494 e. The lowest BCUT2D eigenvalue weighted by Crippen LogP contribution is -2.35. The molecule has 2 aromatic carbocycles. The Morgan fingerprint density at radius 1 is 0.780 bits per heavy atom. The summed E-state index contributed by atoms with van der Waals surface area (Å²) in [6.45, 7) is 6.75. The van der Waals surface area contributed by atoms with E-state index in [1.165, 1.54) is 84.8 Å². The van der Waals surface area contributed by atoms with Crippen molar-refractivity contribution >= 4 is 35.2 Å². The predicted octanol–water partition coefficient (Wildman–Crippen LogP) is 9.99. The summed E-state index contributed by atoms with van der Waals surface area (Å²) < 4.78 is 19.5. The monoisotopic (exact) mass is 703 g/mol. The molecule has 2 N–H and O–H groups in total. The number of carbonyl (C=O) groups is 2. The topological polar surface area (TPSA) is 94.6 Å². The number of rotatable bonds is 21. The van der Waals surface area contributed by atoms with Crippen molar-refractivity contribution in [1.82, 2.24) is 14.9 Å². The molecular formula is C41H57N3O5S. The quantitative estimate of drug-likeness (QED) is 0.0648. The zero-order chi connectivity index (χ0) is 35.9. The number of hydrogen-bond donors (Lipinski definition) is 2. The second kappa shape index (κ2) is 20.1. The molecule has 0 saturated carbocycles. The van der Waals surface area contributed by atoms with Gasteiger partial charge in [0.2, 0.25) is 0 Å². The summed E-state index contributed by atoms with van der Waals surface area (Å²) in [6, 6.07) is 13.9. The van der Waals surface area contributed by atoms with Crippen molar-refractivity contribution < 1.29 is 23.8 Å². The second-order valence-electron chi connectivity index (χ2n) is 13.3. The van der Waals surface area contributed by atoms with Crippen LogP contribution in [-0.2, 0) is 32.0 Å². The molecule has 50 heavy (non-hydrogen) atoms. The average Bonchev–Trinajstić information content (AvgIpc) is 3.43. The molecule has 1 aliphatic heterocycles. The normalized spacial score (nSPS) is 14.6. The van der Waals surface area contributed by atoms with Crippen LogP contribution < -0.4 is 10.1 Å². The molecule has 4 rings (SSSR count). The number of unbranched alkanes of at least 4 members (excludes halogenated alkanes) is 12. The van der Waals surface area contributed by atoms with Crippen LogP contribution in [0.25, 0.3) is 11.0 Å². The van der Waals surface area contributed by atoms with E-state index in [0.29, 0.717) is 39.7 Å². The Hall–Kier alpha value is -3.85. The molecule has 8 nitrogen and oxygen atoms in total. The Morgan fingerprint density at radius 2 is 1.38 bits per heavy atom. The molecule has 0 fully saturated rings. The van der Waals surface area contributed by atoms with Gasteiger partial charge in [-0.15, -0.1) is 0 Å². The van der Waals surface area contributed by atoms with Crippen molar-refractivity contribution in [1.29, 1.82) is 0 Å². The molecule has 9 heteroatoms. The number of ether oxygens (including phenoxy) is 3. The number of benzene rings is 2. The lowest BCUT2D eigenvalue weighted by atomic mass is 9.77. The molecule has 272 valence electrons. The van der Waals surface area contributed by atoms with Crippen LogP contribution in [0.1, 0.15) is 121 Å². The number of esters is 2. The van der Waals surface area contributed by atoms with Crippen molar-refractivity contribution in [3.63, 3.8) is 0 Å². The molecule has 1 atom stereocenters. The number of H-pyrrole nitrogens is 1. The van der Waals surface area contributed by atoms with Crippen molar-refractivity contribution in [2.24, 2.45) is 0 Å². The zero-order valence-electron chi connectivity index (χ0n) is 30.8. The van der Waals surface area contributed by atoms with Gasteiger partial charge in [-0.05, 0) is 62.7 Å². The Bertz CT molecular complexity index is 1700. The molecule has 1 unspecified atom stereocenters. The smallest absolute Gasteiger partial charge is 0.336 e. The fraction of sp³-hybridized carbons (Fsp3) is 0.537. The molecule has 0 radical (unpaired) electrons. The van der Waals surface area contributed by atoms with Gasteiger partial charge in [-0.1, -0.05) is 108 Å². The first kappa shape index (κ1) is 38.9. The fourth-order valence-corrected chi connectivity index (χ4v) is 7.49. The number of aryl methyl sites for hydroxylation is 1. The van der Waals surface area contributed by atoms with E-state index >= 15 is 0 Å². The molecule has 1 aliphatic rings. The second-order valence-corrected chi connectivity index (χ2v) is 13.6. The highest BCUT2D eigenvalue weighted by molar-refractivity contribution is 7.71. The van der Waals surface area contributed by atoms with Crippen LogP contribution in [0.5, 0.6) is 5.75 Å². The van der Waals surface area contributed by atoms with Gasteiger partial charge in [-0.25, -0.2) is 9.59 Å². The van der Waals surface area contributed by atoms with Gasteiger partial charge >= 0.3 is 11.9 Å². The third kappa shape index (κ3) is 9.89. The van der Waals surface area contributed by atoms with E-state index < -0.39 is 17.9 Å². The minimum atomic E-state index is -0.773. The Labute approximate surface area is 303 Å². The first-order valence-electron chi connectivity index (χ1n) is 18.7. The molecule has 1 aromatic heterocycles. The Kier molecular flexibility index (Phi) is 15.7. The number of allylic oxidation sites excluding steroid dienone is 2. The zero-order valence-corrected chi connectivity index (χ0v) is 31.6. The van der Waals surface area contributed by atoms with Crippen LogP contribution in [0.2, 0.25) is 0 Å². The number of carbonyl (C=O) groups excluding carboxylic acids is 2. The van der Waals surface area contributed by atoms with Crippen LogP contribution in [0.15, 0.2) is 65.0 Å². The fourth-order valence-electron chi connectivity index (χ4n) is 7.21. The molecular weight excluding hydrogens is 647 g/mol. The van der Waals surface area contributed by atoms with Crippen molar-refractivity contribution in [2.75, 3.05) is 20.8 Å². The standard InChI is InChI=1S/C41H57N3O5S/c1-6-8-9-10-11-12-13-14-15-16-17-18-19-23-30-24-22-27-34(49-7-2)36(30)38-35(39(45)47-4)29(3)42-32(37(38)40(46)48-5)28-44-33-26-21-20-25-31(33)43-41(44)50/h20-22,24-27,38,42H,6-19,23,28H2,1-5H3,(H,43,50). The minimum absolute atomic E-state index is 0.264. The number of dihydropyridines is 1. The van der Waals surface area contributed by atoms with Gasteiger partial charge in [0.15, 0.2) is 4.77 Å². The number of hydrogen-bond acceptors (Lipinski definition) is 7. The molecule has 0 saturated heterocycles. The van der Waals surface area contributed by atoms with E-state index in [2.05, 4.69) is 23.3 Å². The van der Waals surface area contributed by atoms with E-state index in [1.807, 2.05) is 54.8 Å². The number of aromatic nitrogens is 2. The van der Waals surface area contributed by atoms with Gasteiger partial charge in [0.05, 0.1) is 55.5 Å². The maximum Gasteiger partial charge on any atom is 0.336 e. The van der Waals surface area contributed by atoms with Gasteiger partial charge in [0.1, 0.15) is 5.75 Å². The van der Waals surface area contributed by atoms with Gasteiger partial charge in [-0.3, -0.25) is 0 Å². The maximum absolute atomic E-state index is 13.9. The van der Waals surface area contributed by atoms with Crippen LogP contribution >= 0.6 is 12.2 Å². The SMILES string of the molecule is CCCCCCCCCCCCCCCc1cccc(OCC)c1C1C(C(=O)OC)=C(C)NC(Cn2c(=S)[nH]c3ccccc32)=C1C(=O)OC. The Morgan fingerprint density at radius 3 is 2.00 bits per heavy atom. The molecule has 0 amide bonds. The lowest BCUT2D eigenvalue weighted by Gasteiger charge is -2.33. The number of para-hydroxylation sites is 2. The maximum atomic E-state index is 13.9. The summed E-state index contributed by atoms with van der Waals surface area (Å²) in [6.07, 6.45) is 17.5. The highest BCUT2D eigenvalue weighted by atomic mass is 32.1. The molecule has 0 spiro atoms. The van der Waals surface area contributed by atoms with Crippen LogP contribution in [0, 0.1) is 4.77 Å². The van der Waals surface area contributed by atoms with E-state index in [-0.39, 0.29) is 6.54 Å². The first-order valence-corrected chi connectivity index (χ1v) is 19.1. The molecule has 0 bridgehead atoms. The van der Waals surface area contributed by atoms with Gasteiger partial charge in [0, 0.05) is 17.0 Å². The van der Waals surface area contributed by atoms with Crippen LogP contribution in [0.4, 0.5) is 0 Å². The summed E-state index contributed by atoms with van der Waals surface area (Å²) >= 11 is 5.72. The molecule has 3 aromatic rings. The van der Waals surface area contributed by atoms with Crippen LogP contribution in [0.3, 0.4) is 0 Å². The molecule has 2 heterocycles. The Balaban J connectivity index is 1.61. The number of methoxy groups -OCH3 is 2. The minimum Gasteiger partial charge on any atom is -0.494 e. The van der Waals surface area contributed by atoms with Crippen LogP contribution in [-0.4, -0.2) is 42.3 Å². The first-order chi connectivity index (χ1) is 24.4. The lowest BCUT2D eigenvalue weighted by molar-refractivity contribution is -0.137. The average molecular weight is 704 g/mol. The van der Waals surface area contributed by atoms with E-state index in [0.717, 1.165) is 41.4 Å². The summed E-state index contributed by atoms with van der Waals surface area (Å²) in [7, 11) is 2.73. The number of imidazole rings is 1. The van der Waals surface area contributed by atoms with Gasteiger partial charge in [-0.2, -0.15) is 0 Å². The highest BCUT2D eigenvalue weighted by Gasteiger charge is 2.41. The van der Waals surface area contributed by atoms with E-state index in [4.69, 9.17) is 26.4 Å². The summed E-state index contributed by atoms with van der Waals surface area (Å²) in [5, 5.41) is 3.38. The van der Waals surface area contributed by atoms with Crippen molar-refractivity contribution in [2.45, 2.75) is 123 Å².